The van der Waals surface area contributed by atoms with E-state index in [1.54, 1.807) is 35.3 Å². The lowest BCUT2D eigenvalue weighted by Crippen LogP contribution is -2.25. The normalized spacial score (nSPS) is 12.4. The zero-order valence-electron chi connectivity index (χ0n) is 21.9. The third-order valence-corrected chi connectivity index (χ3v) is 6.76. The van der Waals surface area contributed by atoms with E-state index in [4.69, 9.17) is 9.47 Å². The predicted molar refractivity (Wildman–Crippen MR) is 148 cm³/mol. The van der Waals surface area contributed by atoms with Crippen molar-refractivity contribution in [2.75, 3.05) is 6.61 Å². The summed E-state index contributed by atoms with van der Waals surface area (Å²) < 4.78 is 26.8. The summed E-state index contributed by atoms with van der Waals surface area (Å²) in [5, 5.41) is 5.14. The molecule has 4 heterocycles. The van der Waals surface area contributed by atoms with Crippen LogP contribution < -0.4 is 14.9 Å². The van der Waals surface area contributed by atoms with Crippen LogP contribution in [0.15, 0.2) is 78.0 Å². The van der Waals surface area contributed by atoms with Gasteiger partial charge in [-0.25, -0.2) is 4.39 Å². The first-order valence-electron chi connectivity index (χ1n) is 13.0. The number of benzene rings is 2. The van der Waals surface area contributed by atoms with Gasteiger partial charge in [0.2, 0.25) is 5.43 Å². The fraction of sp³-hybridized carbons (Fsp3) is 0.194. The van der Waals surface area contributed by atoms with E-state index in [1.807, 2.05) is 26.0 Å². The maximum absolute atomic E-state index is 13.5. The maximum atomic E-state index is 13.5. The van der Waals surface area contributed by atoms with Crippen molar-refractivity contribution in [2.45, 2.75) is 32.7 Å². The van der Waals surface area contributed by atoms with Crippen molar-refractivity contribution in [2.24, 2.45) is 0 Å². The molecule has 9 heteroatoms. The molecule has 0 radical (unpaired) electrons. The van der Waals surface area contributed by atoms with Gasteiger partial charge < -0.3 is 9.47 Å². The second-order valence-electron chi connectivity index (χ2n) is 9.87. The molecule has 200 valence electrons. The summed E-state index contributed by atoms with van der Waals surface area (Å²) in [7, 11) is 0. The largest absolute Gasteiger partial charge is 0.493 e. The Bertz CT molecular complexity index is 1800. The SMILES string of the molecule is CC(C)n1cc(-c2ccc(F)cc2)c(=O)c(C(=O)Cc2ccc(Oc3ccnc4cc5c(cc34)OCC5)cn2)n1. The molecule has 1 aliphatic rings. The first-order chi connectivity index (χ1) is 19.4. The number of carbonyl (C=O) groups is 1. The number of ether oxygens (including phenoxy) is 2. The predicted octanol–water partition coefficient (Wildman–Crippen LogP) is 5.73. The summed E-state index contributed by atoms with van der Waals surface area (Å²) in [4.78, 5) is 35.3. The summed E-state index contributed by atoms with van der Waals surface area (Å²) in [5.41, 5.74) is 2.52. The zero-order chi connectivity index (χ0) is 27.8. The topological polar surface area (TPSA) is 96.2 Å². The minimum absolute atomic E-state index is 0.0993. The molecule has 0 atom stereocenters. The molecule has 6 rings (SSSR count). The van der Waals surface area contributed by atoms with Crippen LogP contribution in [0.2, 0.25) is 0 Å². The molecule has 0 spiro atoms. The zero-order valence-corrected chi connectivity index (χ0v) is 21.9. The number of hydrogen-bond donors (Lipinski definition) is 0. The third kappa shape index (κ3) is 4.93. The molecule has 5 aromatic rings. The van der Waals surface area contributed by atoms with Crippen molar-refractivity contribution in [1.29, 1.82) is 0 Å². The molecule has 0 N–H and O–H groups in total. The second kappa shape index (κ2) is 10.3. The summed E-state index contributed by atoms with van der Waals surface area (Å²) in [6.07, 6.45) is 5.56. The van der Waals surface area contributed by atoms with Crippen LogP contribution in [0.3, 0.4) is 0 Å². The van der Waals surface area contributed by atoms with Crippen LogP contribution in [0.4, 0.5) is 4.39 Å². The third-order valence-electron chi connectivity index (χ3n) is 6.76. The standard InChI is InChI=1S/C31H25FN4O4/c1-18(2)36-17-25(19-3-5-21(32)6-4-19)31(38)30(35-36)27(37)14-22-7-8-23(16-34-22)40-28-9-11-33-26-13-20-10-12-39-29(20)15-24(26)28/h3-9,11,13,15-18H,10,12,14H2,1-2H3. The highest BCUT2D eigenvalue weighted by atomic mass is 19.1. The van der Waals surface area contributed by atoms with Crippen LogP contribution in [0.1, 0.15) is 41.6 Å². The molecule has 0 amide bonds. The minimum atomic E-state index is -0.506. The Labute approximate surface area is 229 Å². The summed E-state index contributed by atoms with van der Waals surface area (Å²) >= 11 is 0. The van der Waals surface area contributed by atoms with E-state index in [-0.39, 0.29) is 23.7 Å². The lowest BCUT2D eigenvalue weighted by molar-refractivity contribution is 0.0983. The fourth-order valence-corrected chi connectivity index (χ4v) is 4.62. The Hall–Kier alpha value is -4.92. The number of Topliss-reactive ketones (excluding diaryl/α,β-unsaturated/α-hetero) is 1. The van der Waals surface area contributed by atoms with Crippen molar-refractivity contribution < 1.29 is 18.7 Å². The molecule has 3 aromatic heterocycles. The Kier molecular flexibility index (Phi) is 6.55. The second-order valence-corrected chi connectivity index (χ2v) is 9.87. The summed E-state index contributed by atoms with van der Waals surface area (Å²) in [5.74, 6) is 1.07. The molecule has 0 bridgehead atoms. The van der Waals surface area contributed by atoms with Crippen LogP contribution in [0.25, 0.3) is 22.0 Å². The number of ketones is 1. The van der Waals surface area contributed by atoms with Gasteiger partial charge in [0.25, 0.3) is 0 Å². The highest BCUT2D eigenvalue weighted by Gasteiger charge is 2.20. The van der Waals surface area contributed by atoms with E-state index in [2.05, 4.69) is 15.1 Å². The van der Waals surface area contributed by atoms with Crippen LogP contribution in [-0.4, -0.2) is 32.1 Å². The molecule has 2 aromatic carbocycles. The number of nitrogens with zero attached hydrogens (tertiary/aromatic N) is 4. The number of fused-ring (bicyclic) bond motifs is 2. The lowest BCUT2D eigenvalue weighted by Gasteiger charge is -2.13. The quantitative estimate of drug-likeness (QED) is 0.245. The first kappa shape index (κ1) is 25.4. The van der Waals surface area contributed by atoms with Gasteiger partial charge in [-0.1, -0.05) is 12.1 Å². The Morgan fingerprint density at radius 1 is 1.10 bits per heavy atom. The molecule has 0 aliphatic carbocycles. The summed E-state index contributed by atoms with van der Waals surface area (Å²) in [6.45, 7) is 4.45. The average Bonchev–Trinajstić information content (AvgIpc) is 3.41. The molecule has 0 unspecified atom stereocenters. The van der Waals surface area contributed by atoms with Gasteiger partial charge >= 0.3 is 0 Å². The lowest BCUT2D eigenvalue weighted by atomic mass is 10.0. The van der Waals surface area contributed by atoms with Crippen molar-refractivity contribution in [3.63, 3.8) is 0 Å². The van der Waals surface area contributed by atoms with Gasteiger partial charge in [0, 0.05) is 41.5 Å². The van der Waals surface area contributed by atoms with E-state index in [1.165, 1.54) is 30.5 Å². The minimum Gasteiger partial charge on any atom is -0.493 e. The van der Waals surface area contributed by atoms with Crippen LogP contribution in [0.5, 0.6) is 17.2 Å². The highest BCUT2D eigenvalue weighted by molar-refractivity contribution is 5.96. The van der Waals surface area contributed by atoms with Gasteiger partial charge in [-0.2, -0.15) is 5.10 Å². The van der Waals surface area contributed by atoms with Crippen LogP contribution >= 0.6 is 0 Å². The Morgan fingerprint density at radius 3 is 2.67 bits per heavy atom. The number of hydrogen-bond acceptors (Lipinski definition) is 7. The number of rotatable bonds is 7. The molecule has 0 saturated carbocycles. The number of aromatic nitrogens is 4. The fourth-order valence-electron chi connectivity index (χ4n) is 4.62. The van der Waals surface area contributed by atoms with Gasteiger partial charge in [-0.15, -0.1) is 0 Å². The average molecular weight is 537 g/mol. The van der Waals surface area contributed by atoms with Crippen molar-refractivity contribution in [1.82, 2.24) is 19.7 Å². The molecule has 8 nitrogen and oxygen atoms in total. The molecule has 1 aliphatic heterocycles. The Balaban J connectivity index is 1.24. The van der Waals surface area contributed by atoms with Gasteiger partial charge in [-0.05, 0) is 67.4 Å². The van der Waals surface area contributed by atoms with Gasteiger partial charge in [0.05, 0.1) is 24.7 Å². The van der Waals surface area contributed by atoms with Crippen LogP contribution in [-0.2, 0) is 12.8 Å². The van der Waals surface area contributed by atoms with E-state index in [0.717, 1.165) is 28.6 Å². The number of pyridine rings is 2. The molecule has 0 fully saturated rings. The first-order valence-corrected chi connectivity index (χ1v) is 13.0. The molecule has 40 heavy (non-hydrogen) atoms. The maximum Gasteiger partial charge on any atom is 0.219 e. The molecule has 0 saturated heterocycles. The van der Waals surface area contributed by atoms with E-state index in [9.17, 15) is 14.0 Å². The van der Waals surface area contributed by atoms with Gasteiger partial charge in [-0.3, -0.25) is 24.2 Å². The van der Waals surface area contributed by atoms with Gasteiger partial charge in [0.15, 0.2) is 11.5 Å². The Morgan fingerprint density at radius 2 is 1.93 bits per heavy atom. The van der Waals surface area contributed by atoms with Crippen LogP contribution in [0, 0.1) is 5.82 Å². The summed E-state index contributed by atoms with van der Waals surface area (Å²) in [6, 6.07) is 14.6. The monoisotopic (exact) mass is 536 g/mol. The van der Waals surface area contributed by atoms with E-state index >= 15 is 0 Å². The highest BCUT2D eigenvalue weighted by Crippen LogP contribution is 2.35. The van der Waals surface area contributed by atoms with Gasteiger partial charge in [0.1, 0.15) is 23.1 Å². The molecular formula is C31H25FN4O4. The molecular weight excluding hydrogens is 511 g/mol. The van der Waals surface area contributed by atoms with E-state index in [0.29, 0.717) is 29.4 Å². The van der Waals surface area contributed by atoms with Crippen molar-refractivity contribution >= 4 is 16.7 Å². The number of halogens is 1. The smallest absolute Gasteiger partial charge is 0.219 e. The van der Waals surface area contributed by atoms with Crippen molar-refractivity contribution in [3.8, 4) is 28.4 Å². The van der Waals surface area contributed by atoms with E-state index < -0.39 is 17.0 Å². The number of carbonyl (C=O) groups excluding carboxylic acids is 1. The van der Waals surface area contributed by atoms with Crippen molar-refractivity contribution in [3.05, 3.63) is 106 Å².